The highest BCUT2D eigenvalue weighted by Gasteiger charge is 2.24. The third-order valence-corrected chi connectivity index (χ3v) is 8.04. The van der Waals surface area contributed by atoms with E-state index < -0.39 is 10.0 Å². The van der Waals surface area contributed by atoms with Crippen LogP contribution in [-0.2, 0) is 34.1 Å². The summed E-state index contributed by atoms with van der Waals surface area (Å²) in [6.45, 7) is 3.56. The molecule has 7 nitrogen and oxygen atoms in total. The number of benzene rings is 1. The molecule has 1 aliphatic carbocycles. The number of rotatable bonds is 6. The number of nitrogens with one attached hydrogen (secondary N) is 1. The minimum Gasteiger partial charge on any atom is -0.379 e. The third-order valence-electron chi connectivity index (χ3n) is 5.63. The van der Waals surface area contributed by atoms with Gasteiger partial charge >= 0.3 is 0 Å². The molecule has 1 N–H and O–H groups in total. The Balaban J connectivity index is 1.47. The zero-order valence-corrected chi connectivity index (χ0v) is 19.8. The lowest BCUT2D eigenvalue weighted by molar-refractivity contribution is 0.0331. The third kappa shape index (κ3) is 4.82. The SMILES string of the molecule is O=S(=O)(C=Cc1ccc(Cl)cc1)Nc1nc(CN2CCOCC2)nc2sc3c(c12)CCC3. The van der Waals surface area contributed by atoms with Crippen LogP contribution in [0.15, 0.2) is 29.7 Å². The fraction of sp³-hybridized carbons (Fsp3) is 0.364. The Bertz CT molecular complexity index is 1270. The number of ether oxygens (including phenoxy) is 1. The minimum atomic E-state index is -3.76. The maximum absolute atomic E-state index is 12.9. The Hall–Kier alpha value is -2.04. The number of hydrogen-bond donors (Lipinski definition) is 1. The smallest absolute Gasteiger partial charge is 0.256 e. The molecule has 0 spiro atoms. The minimum absolute atomic E-state index is 0.374. The molecule has 1 saturated heterocycles. The van der Waals surface area contributed by atoms with Crippen molar-refractivity contribution in [3.05, 3.63) is 56.5 Å². The van der Waals surface area contributed by atoms with Crippen LogP contribution in [-0.4, -0.2) is 49.6 Å². The molecule has 10 heteroatoms. The van der Waals surface area contributed by atoms with Crippen molar-refractivity contribution in [1.29, 1.82) is 0 Å². The molecule has 2 aliphatic rings. The summed E-state index contributed by atoms with van der Waals surface area (Å²) in [4.78, 5) is 13.8. The van der Waals surface area contributed by atoms with E-state index in [0.717, 1.165) is 48.1 Å². The number of nitrogens with zero attached hydrogens (tertiary/aromatic N) is 3. The molecule has 0 radical (unpaired) electrons. The molecule has 2 aromatic heterocycles. The molecule has 0 amide bonds. The highest BCUT2D eigenvalue weighted by molar-refractivity contribution is 7.95. The van der Waals surface area contributed by atoms with Gasteiger partial charge in [0.2, 0.25) is 0 Å². The molecule has 5 rings (SSSR count). The Labute approximate surface area is 196 Å². The molecule has 1 aliphatic heterocycles. The average Bonchev–Trinajstić information content (AvgIpc) is 3.35. The fourth-order valence-corrected chi connectivity index (χ4v) is 6.28. The van der Waals surface area contributed by atoms with Crippen LogP contribution in [0.5, 0.6) is 0 Å². The van der Waals surface area contributed by atoms with Gasteiger partial charge in [0.25, 0.3) is 10.0 Å². The second-order valence-corrected chi connectivity index (χ2v) is 11.0. The van der Waals surface area contributed by atoms with Gasteiger partial charge < -0.3 is 4.74 Å². The molecule has 3 heterocycles. The molecular weight excluding hydrogens is 468 g/mol. The van der Waals surface area contributed by atoms with Crippen LogP contribution < -0.4 is 4.72 Å². The van der Waals surface area contributed by atoms with Crippen LogP contribution in [0.4, 0.5) is 5.82 Å². The van der Waals surface area contributed by atoms with E-state index in [2.05, 4.69) is 14.6 Å². The molecule has 0 bridgehead atoms. The molecule has 32 heavy (non-hydrogen) atoms. The Kier molecular flexibility index (Phi) is 6.18. The fourth-order valence-electron chi connectivity index (χ4n) is 4.05. The topological polar surface area (TPSA) is 84.4 Å². The highest BCUT2D eigenvalue weighted by atomic mass is 35.5. The van der Waals surface area contributed by atoms with E-state index in [1.807, 2.05) is 0 Å². The van der Waals surface area contributed by atoms with Crippen LogP contribution in [0.25, 0.3) is 16.3 Å². The monoisotopic (exact) mass is 490 g/mol. The van der Waals surface area contributed by atoms with E-state index >= 15 is 0 Å². The predicted molar refractivity (Wildman–Crippen MR) is 129 cm³/mol. The Morgan fingerprint density at radius 2 is 1.94 bits per heavy atom. The van der Waals surface area contributed by atoms with E-state index in [1.54, 1.807) is 41.7 Å². The standard InChI is InChI=1S/C22H23ClN4O3S2/c23-16-6-4-15(5-7-16)8-13-32(28,29)26-21-20-17-2-1-3-18(17)31-22(20)25-19(24-21)14-27-9-11-30-12-10-27/h4-8,13H,1-3,9-12,14H2,(H,24,25,26). The average molecular weight is 491 g/mol. The summed E-state index contributed by atoms with van der Waals surface area (Å²) < 4.78 is 33.9. The predicted octanol–water partition coefficient (Wildman–Crippen LogP) is 4.08. The molecule has 1 aromatic carbocycles. The van der Waals surface area contributed by atoms with Crippen molar-refractivity contribution in [3.8, 4) is 0 Å². The largest absolute Gasteiger partial charge is 0.379 e. The van der Waals surface area contributed by atoms with Crippen LogP contribution in [0.1, 0.15) is 28.2 Å². The normalized spacial score (nSPS) is 17.3. The summed E-state index contributed by atoms with van der Waals surface area (Å²) >= 11 is 7.56. The second kappa shape index (κ2) is 9.07. The lowest BCUT2D eigenvalue weighted by Gasteiger charge is -2.25. The highest BCUT2D eigenvalue weighted by Crippen LogP contribution is 2.40. The van der Waals surface area contributed by atoms with Crippen molar-refractivity contribution in [3.63, 3.8) is 0 Å². The van der Waals surface area contributed by atoms with Gasteiger partial charge in [-0.2, -0.15) is 0 Å². The number of aryl methyl sites for hydroxylation is 2. The van der Waals surface area contributed by atoms with Gasteiger partial charge in [0.15, 0.2) is 5.82 Å². The second-order valence-electron chi connectivity index (χ2n) is 7.92. The van der Waals surface area contributed by atoms with Crippen molar-refractivity contribution >= 4 is 55.1 Å². The maximum atomic E-state index is 12.9. The molecule has 1 fully saturated rings. The van der Waals surface area contributed by atoms with Crippen molar-refractivity contribution in [2.24, 2.45) is 0 Å². The van der Waals surface area contributed by atoms with Gasteiger partial charge in [-0.15, -0.1) is 11.3 Å². The van der Waals surface area contributed by atoms with Gasteiger partial charge in [0.1, 0.15) is 10.7 Å². The summed E-state index contributed by atoms with van der Waals surface area (Å²) in [5.41, 5.74) is 1.93. The van der Waals surface area contributed by atoms with Gasteiger partial charge in [-0.05, 0) is 48.6 Å². The first-order valence-corrected chi connectivity index (χ1v) is 13.3. The van der Waals surface area contributed by atoms with E-state index in [4.69, 9.17) is 21.3 Å². The molecule has 3 aromatic rings. The zero-order valence-electron chi connectivity index (χ0n) is 17.4. The van der Waals surface area contributed by atoms with Crippen LogP contribution in [0, 0.1) is 0 Å². The molecular formula is C22H23ClN4O3S2. The molecule has 168 valence electrons. The first-order chi connectivity index (χ1) is 15.5. The van der Waals surface area contributed by atoms with E-state index in [-0.39, 0.29) is 0 Å². The lowest BCUT2D eigenvalue weighted by atomic mass is 10.2. The molecule has 0 saturated carbocycles. The number of hydrogen-bond acceptors (Lipinski definition) is 7. The summed E-state index contributed by atoms with van der Waals surface area (Å²) in [5.74, 6) is 0.997. The number of aromatic nitrogens is 2. The first-order valence-electron chi connectivity index (χ1n) is 10.5. The zero-order chi connectivity index (χ0) is 22.1. The van der Waals surface area contributed by atoms with E-state index in [9.17, 15) is 8.42 Å². The lowest BCUT2D eigenvalue weighted by Crippen LogP contribution is -2.36. The number of morpholine rings is 1. The van der Waals surface area contributed by atoms with Gasteiger partial charge in [-0.25, -0.2) is 18.4 Å². The maximum Gasteiger partial charge on any atom is 0.256 e. The van der Waals surface area contributed by atoms with Crippen molar-refractivity contribution < 1.29 is 13.2 Å². The van der Waals surface area contributed by atoms with Crippen LogP contribution >= 0.6 is 22.9 Å². The summed E-state index contributed by atoms with van der Waals surface area (Å²) in [6.07, 6.45) is 4.56. The van der Waals surface area contributed by atoms with E-state index in [1.165, 1.54) is 15.8 Å². The van der Waals surface area contributed by atoms with Crippen molar-refractivity contribution in [2.75, 3.05) is 31.0 Å². The number of anilines is 1. The van der Waals surface area contributed by atoms with Gasteiger partial charge in [-0.3, -0.25) is 9.62 Å². The summed E-state index contributed by atoms with van der Waals surface area (Å²) in [5, 5.41) is 2.61. The molecule has 0 unspecified atom stereocenters. The Morgan fingerprint density at radius 1 is 1.16 bits per heavy atom. The first kappa shape index (κ1) is 21.8. The van der Waals surface area contributed by atoms with Crippen LogP contribution in [0.3, 0.4) is 0 Å². The number of halogens is 1. The number of fused-ring (bicyclic) bond motifs is 3. The quantitative estimate of drug-likeness (QED) is 0.560. The summed E-state index contributed by atoms with van der Waals surface area (Å²) in [6, 6.07) is 6.98. The number of sulfonamides is 1. The van der Waals surface area contributed by atoms with Crippen molar-refractivity contribution in [2.45, 2.75) is 25.8 Å². The van der Waals surface area contributed by atoms with Gasteiger partial charge in [0.05, 0.1) is 30.6 Å². The Morgan fingerprint density at radius 3 is 2.72 bits per heavy atom. The van der Waals surface area contributed by atoms with E-state index in [0.29, 0.717) is 36.4 Å². The summed E-state index contributed by atoms with van der Waals surface area (Å²) in [7, 11) is -3.76. The molecule has 0 atom stereocenters. The van der Waals surface area contributed by atoms with Gasteiger partial charge in [0, 0.05) is 23.0 Å². The van der Waals surface area contributed by atoms with Crippen LogP contribution in [0.2, 0.25) is 5.02 Å². The number of thiophene rings is 1. The van der Waals surface area contributed by atoms with Crippen molar-refractivity contribution in [1.82, 2.24) is 14.9 Å². The van der Waals surface area contributed by atoms with Gasteiger partial charge in [-0.1, -0.05) is 23.7 Å².